The second-order valence-electron chi connectivity index (χ2n) is 5.84. The van der Waals surface area contributed by atoms with E-state index in [0.717, 1.165) is 0 Å². The lowest BCUT2D eigenvalue weighted by Crippen LogP contribution is -2.41. The number of ether oxygens (including phenoxy) is 2. The fraction of sp³-hybridized carbons (Fsp3) is 0.286. The zero-order valence-electron chi connectivity index (χ0n) is 16.0. The van der Waals surface area contributed by atoms with E-state index >= 15 is 0 Å². The summed E-state index contributed by atoms with van der Waals surface area (Å²) in [5.41, 5.74) is 5.53. The molecule has 0 aliphatic carbocycles. The molecule has 2 rings (SSSR count). The predicted molar refractivity (Wildman–Crippen MR) is 104 cm³/mol. The largest absolute Gasteiger partial charge is 0.494 e. The van der Waals surface area contributed by atoms with Crippen LogP contribution in [0.3, 0.4) is 0 Å². The van der Waals surface area contributed by atoms with Crippen LogP contribution in [0, 0.1) is 0 Å². The molecule has 148 valence electrons. The van der Waals surface area contributed by atoms with E-state index in [1.54, 1.807) is 48.5 Å². The molecule has 0 unspecified atom stereocenters. The van der Waals surface area contributed by atoms with Crippen molar-refractivity contribution in [3.63, 3.8) is 0 Å². The quantitative estimate of drug-likeness (QED) is 0.512. The van der Waals surface area contributed by atoms with Gasteiger partial charge in [0.2, 0.25) is 5.91 Å². The number of carbonyl (C=O) groups excluding carboxylic acids is 3. The molecule has 28 heavy (non-hydrogen) atoms. The molecule has 7 heteroatoms. The Bertz CT molecular complexity index is 733. The summed E-state index contributed by atoms with van der Waals surface area (Å²) in [7, 11) is 0. The highest BCUT2D eigenvalue weighted by Crippen LogP contribution is 2.14. The zero-order chi connectivity index (χ0) is 20.4. The molecule has 2 aromatic carbocycles. The normalized spacial score (nSPS) is 10.1. The van der Waals surface area contributed by atoms with Crippen LogP contribution in [-0.4, -0.2) is 30.8 Å². The van der Waals surface area contributed by atoms with Gasteiger partial charge in [0, 0.05) is 24.0 Å². The number of nitrogens with one attached hydrogen (secondary N) is 2. The zero-order valence-corrected chi connectivity index (χ0v) is 16.0. The van der Waals surface area contributed by atoms with Crippen LogP contribution in [0.1, 0.15) is 47.4 Å². The lowest BCUT2D eigenvalue weighted by Gasteiger charge is -2.08. The molecule has 0 spiro atoms. The Balaban J connectivity index is 1.75. The van der Waals surface area contributed by atoms with Crippen LogP contribution in [0.5, 0.6) is 11.5 Å². The number of hydrogen-bond acceptors (Lipinski definition) is 5. The van der Waals surface area contributed by atoms with Gasteiger partial charge in [-0.05, 0) is 62.4 Å². The van der Waals surface area contributed by atoms with Crippen LogP contribution in [0.4, 0.5) is 0 Å². The Morgan fingerprint density at radius 2 is 1.21 bits per heavy atom. The molecule has 2 amide bonds. The van der Waals surface area contributed by atoms with Crippen molar-refractivity contribution < 1.29 is 23.9 Å². The minimum atomic E-state index is -0.450. The molecule has 0 saturated heterocycles. The smallest absolute Gasteiger partial charge is 0.269 e. The molecule has 0 fully saturated rings. The maximum Gasteiger partial charge on any atom is 0.269 e. The van der Waals surface area contributed by atoms with Crippen molar-refractivity contribution in [1.82, 2.24) is 10.9 Å². The summed E-state index contributed by atoms with van der Waals surface area (Å²) in [5.74, 6) is 0.300. The summed E-state index contributed by atoms with van der Waals surface area (Å²) in [6.45, 7) is 4.84. The number of rotatable bonds is 9. The van der Waals surface area contributed by atoms with E-state index in [1.165, 1.54) is 0 Å². The van der Waals surface area contributed by atoms with Crippen LogP contribution in [0.15, 0.2) is 48.5 Å². The van der Waals surface area contributed by atoms with E-state index in [2.05, 4.69) is 10.9 Å². The summed E-state index contributed by atoms with van der Waals surface area (Å²) < 4.78 is 10.6. The minimum absolute atomic E-state index is 0.0321. The van der Waals surface area contributed by atoms with Gasteiger partial charge in [0.15, 0.2) is 5.78 Å². The highest BCUT2D eigenvalue weighted by molar-refractivity contribution is 5.99. The standard InChI is InChI=1S/C21H24N2O5/c1-3-27-17-9-5-15(6-10-17)19(24)13-14-20(25)22-23-21(26)16-7-11-18(12-8-16)28-4-2/h5-12H,3-4,13-14H2,1-2H3,(H,22,25)(H,23,26). The van der Waals surface area contributed by atoms with Crippen molar-refractivity contribution in [2.24, 2.45) is 0 Å². The second-order valence-corrected chi connectivity index (χ2v) is 5.84. The maximum absolute atomic E-state index is 12.1. The summed E-state index contributed by atoms with van der Waals surface area (Å²) in [6.07, 6.45) is 0.00828. The number of amides is 2. The van der Waals surface area contributed by atoms with E-state index in [4.69, 9.17) is 9.47 Å². The van der Waals surface area contributed by atoms with Gasteiger partial charge < -0.3 is 9.47 Å². The molecule has 2 N–H and O–H groups in total. The molecule has 0 atom stereocenters. The number of benzene rings is 2. The van der Waals surface area contributed by atoms with Crippen molar-refractivity contribution in [3.8, 4) is 11.5 Å². The van der Waals surface area contributed by atoms with E-state index in [9.17, 15) is 14.4 Å². The SMILES string of the molecule is CCOc1ccc(C(=O)CCC(=O)NNC(=O)c2ccc(OCC)cc2)cc1. The first kappa shape index (κ1) is 21.0. The van der Waals surface area contributed by atoms with Gasteiger partial charge in [-0.15, -0.1) is 0 Å². The molecular formula is C21H24N2O5. The predicted octanol–water partition coefficient (Wildman–Crippen LogP) is 2.91. The number of carbonyl (C=O) groups is 3. The maximum atomic E-state index is 12.1. The number of hydrazine groups is 1. The molecule has 0 aliphatic heterocycles. The van der Waals surface area contributed by atoms with Crippen LogP contribution in [0.25, 0.3) is 0 Å². The van der Waals surface area contributed by atoms with Gasteiger partial charge in [0.25, 0.3) is 5.91 Å². The Labute approximate surface area is 164 Å². The van der Waals surface area contributed by atoms with Gasteiger partial charge >= 0.3 is 0 Å². The fourth-order valence-electron chi connectivity index (χ4n) is 2.41. The Morgan fingerprint density at radius 1 is 0.714 bits per heavy atom. The highest BCUT2D eigenvalue weighted by atomic mass is 16.5. The number of hydrogen-bond donors (Lipinski definition) is 2. The molecule has 2 aromatic rings. The molecule has 0 saturated carbocycles. The molecule has 0 aromatic heterocycles. The summed E-state index contributed by atoms with van der Waals surface area (Å²) in [5, 5.41) is 0. The van der Waals surface area contributed by atoms with Crippen molar-refractivity contribution in [3.05, 3.63) is 59.7 Å². The van der Waals surface area contributed by atoms with Gasteiger partial charge in [0.1, 0.15) is 11.5 Å². The summed E-state index contributed by atoms with van der Waals surface area (Å²) >= 11 is 0. The third kappa shape index (κ3) is 6.42. The van der Waals surface area contributed by atoms with Crippen LogP contribution < -0.4 is 20.3 Å². The summed E-state index contributed by atoms with van der Waals surface area (Å²) in [6, 6.07) is 13.3. The Morgan fingerprint density at radius 3 is 1.71 bits per heavy atom. The lowest BCUT2D eigenvalue weighted by molar-refractivity contribution is -0.121. The van der Waals surface area contributed by atoms with E-state index in [-0.39, 0.29) is 18.6 Å². The third-order valence-corrected chi connectivity index (χ3v) is 3.81. The van der Waals surface area contributed by atoms with Crippen molar-refractivity contribution in [2.75, 3.05) is 13.2 Å². The molecule has 7 nitrogen and oxygen atoms in total. The Kier molecular flexibility index (Phi) is 8.02. The van der Waals surface area contributed by atoms with Gasteiger partial charge in [-0.1, -0.05) is 0 Å². The highest BCUT2D eigenvalue weighted by Gasteiger charge is 2.11. The van der Waals surface area contributed by atoms with Crippen LogP contribution >= 0.6 is 0 Å². The molecular weight excluding hydrogens is 360 g/mol. The third-order valence-electron chi connectivity index (χ3n) is 3.81. The fourth-order valence-corrected chi connectivity index (χ4v) is 2.41. The summed E-state index contributed by atoms with van der Waals surface area (Å²) in [4.78, 5) is 36.0. The minimum Gasteiger partial charge on any atom is -0.494 e. The molecule has 0 aliphatic rings. The Hall–Kier alpha value is -3.35. The average molecular weight is 384 g/mol. The number of Topliss-reactive ketones (excluding diaryl/α,β-unsaturated/α-hetero) is 1. The van der Waals surface area contributed by atoms with Gasteiger partial charge in [-0.25, -0.2) is 0 Å². The number of ketones is 1. The first-order valence-electron chi connectivity index (χ1n) is 9.11. The first-order valence-corrected chi connectivity index (χ1v) is 9.11. The van der Waals surface area contributed by atoms with E-state index < -0.39 is 11.8 Å². The van der Waals surface area contributed by atoms with Crippen LogP contribution in [0.2, 0.25) is 0 Å². The van der Waals surface area contributed by atoms with Gasteiger partial charge in [-0.2, -0.15) is 0 Å². The van der Waals surface area contributed by atoms with E-state index in [0.29, 0.717) is 35.8 Å². The van der Waals surface area contributed by atoms with Gasteiger partial charge in [-0.3, -0.25) is 25.2 Å². The van der Waals surface area contributed by atoms with Crippen molar-refractivity contribution >= 4 is 17.6 Å². The molecule has 0 heterocycles. The average Bonchev–Trinajstić information content (AvgIpc) is 2.72. The lowest BCUT2D eigenvalue weighted by atomic mass is 10.1. The van der Waals surface area contributed by atoms with Crippen molar-refractivity contribution in [2.45, 2.75) is 26.7 Å². The second kappa shape index (κ2) is 10.7. The topological polar surface area (TPSA) is 93.7 Å². The molecule has 0 bridgehead atoms. The van der Waals surface area contributed by atoms with Crippen LogP contribution in [-0.2, 0) is 4.79 Å². The van der Waals surface area contributed by atoms with Gasteiger partial charge in [0.05, 0.1) is 13.2 Å². The monoisotopic (exact) mass is 384 g/mol. The first-order chi connectivity index (χ1) is 13.5. The van der Waals surface area contributed by atoms with Crippen molar-refractivity contribution in [1.29, 1.82) is 0 Å². The molecule has 0 radical (unpaired) electrons. The van der Waals surface area contributed by atoms with E-state index in [1.807, 2.05) is 13.8 Å².